The zero-order chi connectivity index (χ0) is 24.8. The topological polar surface area (TPSA) is 76.7 Å². The van der Waals surface area contributed by atoms with Gasteiger partial charge < -0.3 is 20.1 Å². The van der Waals surface area contributed by atoms with E-state index in [9.17, 15) is 9.59 Å². The predicted octanol–water partition coefficient (Wildman–Crippen LogP) is 4.65. The first-order chi connectivity index (χ1) is 16.8. The summed E-state index contributed by atoms with van der Waals surface area (Å²) in [5.41, 5.74) is 1.15. The van der Waals surface area contributed by atoms with Crippen LogP contribution in [0.15, 0.2) is 66.7 Å². The van der Waals surface area contributed by atoms with Crippen molar-refractivity contribution < 1.29 is 19.1 Å². The molecule has 0 spiro atoms. The molecule has 0 saturated heterocycles. The molecule has 2 unspecified atom stereocenters. The molecular formula is C29H34N2O4. The average molecular weight is 475 g/mol. The van der Waals surface area contributed by atoms with E-state index in [4.69, 9.17) is 9.47 Å². The Morgan fingerprint density at radius 2 is 1.77 bits per heavy atom. The first-order valence-corrected chi connectivity index (χ1v) is 12.3. The summed E-state index contributed by atoms with van der Waals surface area (Å²) in [6.45, 7) is 6.93. The lowest BCUT2D eigenvalue weighted by molar-refractivity contribution is -0.157. The molecule has 0 radical (unpaired) electrons. The second-order valence-electron chi connectivity index (χ2n) is 9.98. The summed E-state index contributed by atoms with van der Waals surface area (Å²) in [4.78, 5) is 26.1. The van der Waals surface area contributed by atoms with E-state index < -0.39 is 17.6 Å². The molecule has 0 bridgehead atoms. The number of para-hydroxylation sites is 1. The number of hydrogen-bond donors (Lipinski definition) is 2. The molecule has 0 aromatic heterocycles. The van der Waals surface area contributed by atoms with E-state index >= 15 is 0 Å². The minimum atomic E-state index is -0.727. The fourth-order valence-electron chi connectivity index (χ4n) is 4.34. The van der Waals surface area contributed by atoms with Crippen LogP contribution in [0.2, 0.25) is 0 Å². The molecule has 1 amide bonds. The molecule has 1 aliphatic rings. The van der Waals surface area contributed by atoms with Crippen LogP contribution in [-0.2, 0) is 16.0 Å². The second-order valence-corrected chi connectivity index (χ2v) is 9.98. The molecular weight excluding hydrogens is 440 g/mol. The van der Waals surface area contributed by atoms with E-state index in [0.29, 0.717) is 24.9 Å². The third-order valence-corrected chi connectivity index (χ3v) is 5.96. The summed E-state index contributed by atoms with van der Waals surface area (Å²) in [6.07, 6.45) is 2.19. The zero-order valence-corrected chi connectivity index (χ0v) is 20.7. The van der Waals surface area contributed by atoms with E-state index in [0.717, 1.165) is 29.5 Å². The summed E-state index contributed by atoms with van der Waals surface area (Å²) in [5.74, 6) is 0.267. The number of ether oxygens (including phenoxy) is 2. The molecule has 0 fully saturated rings. The molecule has 35 heavy (non-hydrogen) atoms. The molecule has 6 nitrogen and oxygen atoms in total. The fraction of sp³-hybridized carbons (Fsp3) is 0.379. The summed E-state index contributed by atoms with van der Waals surface area (Å²) in [5, 5.41) is 8.19. The Morgan fingerprint density at radius 1 is 1.03 bits per heavy atom. The van der Waals surface area contributed by atoms with Crippen LogP contribution in [0, 0.1) is 0 Å². The molecule has 4 rings (SSSR count). The molecule has 1 heterocycles. The van der Waals surface area contributed by atoms with E-state index in [-0.39, 0.29) is 12.0 Å². The first-order valence-electron chi connectivity index (χ1n) is 12.3. The van der Waals surface area contributed by atoms with Gasteiger partial charge in [0.15, 0.2) is 0 Å². The average Bonchev–Trinajstić information content (AvgIpc) is 3.24. The number of carbonyl (C=O) groups excluding carboxylic acids is 2. The third-order valence-electron chi connectivity index (χ3n) is 5.96. The lowest BCUT2D eigenvalue weighted by Gasteiger charge is -2.25. The van der Waals surface area contributed by atoms with Crippen LogP contribution in [0.1, 0.15) is 49.5 Å². The Morgan fingerprint density at radius 3 is 2.57 bits per heavy atom. The number of rotatable bonds is 9. The van der Waals surface area contributed by atoms with Crippen molar-refractivity contribution in [2.75, 3.05) is 13.1 Å². The number of carbonyl (C=O) groups is 2. The fourth-order valence-corrected chi connectivity index (χ4v) is 4.34. The lowest BCUT2D eigenvalue weighted by atomic mass is 10.0. The molecule has 6 heteroatoms. The highest BCUT2D eigenvalue weighted by Gasteiger charge is 2.27. The highest BCUT2D eigenvalue weighted by Crippen LogP contribution is 2.27. The number of hydrogen-bond acceptors (Lipinski definition) is 5. The quantitative estimate of drug-likeness (QED) is 0.349. The van der Waals surface area contributed by atoms with Gasteiger partial charge in [-0.15, -0.1) is 0 Å². The first kappa shape index (κ1) is 24.7. The van der Waals surface area contributed by atoms with E-state index in [1.54, 1.807) is 6.07 Å². The largest absolute Gasteiger partial charge is 0.488 e. The predicted molar refractivity (Wildman–Crippen MR) is 138 cm³/mol. The van der Waals surface area contributed by atoms with E-state index in [1.165, 1.54) is 5.56 Å². The van der Waals surface area contributed by atoms with E-state index in [2.05, 4.69) is 16.7 Å². The Kier molecular flexibility index (Phi) is 7.71. The molecule has 3 aromatic rings. The van der Waals surface area contributed by atoms with E-state index in [1.807, 2.05) is 75.4 Å². The van der Waals surface area contributed by atoms with Gasteiger partial charge in [0.1, 0.15) is 23.5 Å². The van der Waals surface area contributed by atoms with Crippen molar-refractivity contribution in [3.63, 3.8) is 0 Å². The maximum Gasteiger partial charge on any atom is 0.329 e. The number of fused-ring (bicyclic) bond motifs is 2. The van der Waals surface area contributed by atoms with Gasteiger partial charge in [-0.25, -0.2) is 4.79 Å². The van der Waals surface area contributed by atoms with Crippen molar-refractivity contribution in [2.45, 2.75) is 57.8 Å². The van der Waals surface area contributed by atoms with Gasteiger partial charge in [-0.1, -0.05) is 54.6 Å². The Bertz CT molecular complexity index is 1150. The maximum absolute atomic E-state index is 13.2. The standard InChI is InChI=1S/C29H34N2O4/c1-29(2,3)35-28(33)25(31-27(32)24-14-8-12-20-10-4-6-13-23(20)24)15-9-17-30-19-22-18-21-11-5-7-16-26(21)34-22/h4-8,10-14,16,22,25,30H,9,15,17-19H2,1-3H3,(H,31,32). The molecule has 1 aliphatic heterocycles. The normalized spacial score (nSPS) is 15.8. The zero-order valence-electron chi connectivity index (χ0n) is 20.7. The highest BCUT2D eigenvalue weighted by molar-refractivity contribution is 6.08. The molecule has 2 atom stereocenters. The Balaban J connectivity index is 1.33. The van der Waals surface area contributed by atoms with Gasteiger partial charge in [0.2, 0.25) is 0 Å². The van der Waals surface area contributed by atoms with Gasteiger partial charge >= 0.3 is 5.97 Å². The molecule has 0 saturated carbocycles. The molecule has 0 aliphatic carbocycles. The van der Waals surface area contributed by atoms with Crippen molar-refractivity contribution >= 4 is 22.6 Å². The van der Waals surface area contributed by atoms with Crippen LogP contribution >= 0.6 is 0 Å². The highest BCUT2D eigenvalue weighted by atomic mass is 16.6. The molecule has 2 N–H and O–H groups in total. The van der Waals surface area contributed by atoms with Gasteiger partial charge in [0, 0.05) is 18.5 Å². The van der Waals surface area contributed by atoms with Gasteiger partial charge in [0.05, 0.1) is 0 Å². The van der Waals surface area contributed by atoms with Crippen LogP contribution in [0.3, 0.4) is 0 Å². The summed E-state index contributed by atoms with van der Waals surface area (Å²) in [6, 6.07) is 20.7. The Labute approximate surface area is 207 Å². The van der Waals surface area contributed by atoms with Crippen LogP contribution < -0.4 is 15.4 Å². The number of benzene rings is 3. The maximum atomic E-state index is 13.2. The second kappa shape index (κ2) is 10.9. The monoisotopic (exact) mass is 474 g/mol. The number of nitrogens with one attached hydrogen (secondary N) is 2. The third kappa shape index (κ3) is 6.61. The summed E-state index contributed by atoms with van der Waals surface area (Å²) >= 11 is 0. The van der Waals surface area contributed by atoms with Crippen LogP contribution in [-0.4, -0.2) is 42.7 Å². The van der Waals surface area contributed by atoms with Crippen molar-refractivity contribution in [1.82, 2.24) is 10.6 Å². The minimum Gasteiger partial charge on any atom is -0.488 e. The molecule has 3 aromatic carbocycles. The van der Waals surface area contributed by atoms with Crippen LogP contribution in [0.5, 0.6) is 5.75 Å². The van der Waals surface area contributed by atoms with Crippen molar-refractivity contribution in [3.8, 4) is 5.75 Å². The van der Waals surface area contributed by atoms with Gasteiger partial charge in [-0.3, -0.25) is 4.79 Å². The Hall–Kier alpha value is -3.38. The van der Waals surface area contributed by atoms with Gasteiger partial charge in [-0.05, 0) is 68.6 Å². The summed E-state index contributed by atoms with van der Waals surface area (Å²) in [7, 11) is 0. The summed E-state index contributed by atoms with van der Waals surface area (Å²) < 4.78 is 11.6. The van der Waals surface area contributed by atoms with Crippen LogP contribution in [0.4, 0.5) is 0 Å². The van der Waals surface area contributed by atoms with Crippen LogP contribution in [0.25, 0.3) is 10.8 Å². The smallest absolute Gasteiger partial charge is 0.329 e. The van der Waals surface area contributed by atoms with Gasteiger partial charge in [0.25, 0.3) is 5.91 Å². The van der Waals surface area contributed by atoms with Gasteiger partial charge in [-0.2, -0.15) is 0 Å². The SMILES string of the molecule is CC(C)(C)OC(=O)C(CCCNCC1Cc2ccccc2O1)NC(=O)c1cccc2ccccc12. The minimum absolute atomic E-state index is 0.111. The van der Waals surface area contributed by atoms with Crippen molar-refractivity contribution in [2.24, 2.45) is 0 Å². The molecule has 184 valence electrons. The number of esters is 1. The van der Waals surface area contributed by atoms with Crippen molar-refractivity contribution in [1.29, 1.82) is 0 Å². The van der Waals surface area contributed by atoms with Crippen molar-refractivity contribution in [3.05, 3.63) is 77.9 Å². The lowest BCUT2D eigenvalue weighted by Crippen LogP contribution is -2.44. The number of amides is 1.